The van der Waals surface area contributed by atoms with Crippen molar-refractivity contribution in [3.8, 4) is 11.5 Å². The first-order valence-corrected chi connectivity index (χ1v) is 5.96. The average molecular weight is 289 g/mol. The zero-order chi connectivity index (χ0) is 12.1. The van der Waals surface area contributed by atoms with Gasteiger partial charge in [-0.2, -0.15) is 0 Å². The largest absolute Gasteiger partial charge is 0.496 e. The molecule has 0 unspecified atom stereocenters. The fraction of sp³-hybridized carbons (Fsp3) is 0.500. The number of halogens is 1. The Morgan fingerprint density at radius 1 is 1.25 bits per heavy atom. The number of hydrogen-bond acceptors (Lipinski definition) is 3. The summed E-state index contributed by atoms with van der Waals surface area (Å²) in [7, 11) is 3.26. The van der Waals surface area contributed by atoms with Gasteiger partial charge in [-0.1, -0.05) is 15.9 Å². The van der Waals surface area contributed by atoms with Gasteiger partial charge in [0, 0.05) is 10.0 Å². The number of hydrogen-bond donors (Lipinski definition) is 1. The number of aliphatic hydroxyl groups excluding tert-OH is 1. The molecule has 4 heteroatoms. The summed E-state index contributed by atoms with van der Waals surface area (Å²) in [5.41, 5.74) is 0.995. The highest BCUT2D eigenvalue weighted by atomic mass is 79.9. The Balaban J connectivity index is 3.02. The quantitative estimate of drug-likeness (QED) is 0.906. The molecule has 0 aliphatic carbocycles. The third kappa shape index (κ3) is 3.39. The van der Waals surface area contributed by atoms with Gasteiger partial charge in [-0.05, 0) is 31.9 Å². The van der Waals surface area contributed by atoms with Crippen molar-refractivity contribution in [1.29, 1.82) is 0 Å². The van der Waals surface area contributed by atoms with Crippen molar-refractivity contribution < 1.29 is 14.6 Å². The summed E-state index contributed by atoms with van der Waals surface area (Å²) in [6, 6.07) is 3.81. The molecule has 0 radical (unpaired) electrons. The van der Waals surface area contributed by atoms with Crippen LogP contribution in [0.3, 0.4) is 0 Å². The maximum absolute atomic E-state index is 9.30. The summed E-state index contributed by atoms with van der Waals surface area (Å²) in [6.45, 7) is 1.78. The van der Waals surface area contributed by atoms with Crippen LogP contribution in [0.5, 0.6) is 11.5 Å². The van der Waals surface area contributed by atoms with E-state index in [4.69, 9.17) is 9.47 Å². The zero-order valence-electron chi connectivity index (χ0n) is 9.79. The summed E-state index contributed by atoms with van der Waals surface area (Å²) in [4.78, 5) is 0. The molecule has 1 rings (SSSR count). The van der Waals surface area contributed by atoms with Crippen molar-refractivity contribution in [2.24, 2.45) is 0 Å². The molecule has 0 aliphatic rings. The smallest absolute Gasteiger partial charge is 0.126 e. The van der Waals surface area contributed by atoms with E-state index >= 15 is 0 Å². The van der Waals surface area contributed by atoms with E-state index in [1.54, 1.807) is 21.1 Å². The van der Waals surface area contributed by atoms with Crippen LogP contribution < -0.4 is 9.47 Å². The fourth-order valence-electron chi connectivity index (χ4n) is 1.55. The van der Waals surface area contributed by atoms with E-state index in [9.17, 15) is 5.11 Å². The highest BCUT2D eigenvalue weighted by Gasteiger charge is 2.12. The Labute approximate surface area is 105 Å². The van der Waals surface area contributed by atoms with Crippen LogP contribution in [0, 0.1) is 0 Å². The van der Waals surface area contributed by atoms with Crippen LogP contribution in [0.4, 0.5) is 0 Å². The van der Waals surface area contributed by atoms with Crippen molar-refractivity contribution in [1.82, 2.24) is 0 Å². The first-order chi connectivity index (χ1) is 7.58. The van der Waals surface area contributed by atoms with Crippen LogP contribution in [-0.2, 0) is 6.42 Å². The van der Waals surface area contributed by atoms with Gasteiger partial charge in [0.25, 0.3) is 0 Å². The minimum atomic E-state index is -0.321. The topological polar surface area (TPSA) is 38.7 Å². The minimum absolute atomic E-state index is 0.321. The second kappa shape index (κ2) is 6.11. The molecule has 0 spiro atoms. The Hall–Kier alpha value is -0.740. The molecule has 0 saturated heterocycles. The van der Waals surface area contributed by atoms with Gasteiger partial charge in [-0.3, -0.25) is 0 Å². The molecule has 0 aliphatic heterocycles. The Morgan fingerprint density at radius 2 is 1.75 bits per heavy atom. The van der Waals surface area contributed by atoms with Crippen LogP contribution in [0.15, 0.2) is 16.6 Å². The maximum atomic E-state index is 9.30. The molecule has 1 aromatic carbocycles. The zero-order valence-corrected chi connectivity index (χ0v) is 11.4. The number of rotatable bonds is 5. The predicted octanol–water partition coefficient (Wildman–Crippen LogP) is 2.78. The Kier molecular flexibility index (Phi) is 5.09. The summed E-state index contributed by atoms with van der Waals surface area (Å²) in [5.74, 6) is 1.57. The first-order valence-electron chi connectivity index (χ1n) is 5.17. The van der Waals surface area contributed by atoms with E-state index in [-0.39, 0.29) is 6.10 Å². The molecule has 1 aromatic rings. The molecule has 0 fully saturated rings. The lowest BCUT2D eigenvalue weighted by atomic mass is 10.1. The standard InChI is InChI=1S/C12H17BrO3/c1-8(14)4-5-10-11(15-2)6-9(13)7-12(10)16-3/h6-8,14H,4-5H2,1-3H3/t8-/m0/s1. The van der Waals surface area contributed by atoms with Gasteiger partial charge in [0.2, 0.25) is 0 Å². The highest BCUT2D eigenvalue weighted by molar-refractivity contribution is 9.10. The average Bonchev–Trinajstić information content (AvgIpc) is 2.25. The van der Waals surface area contributed by atoms with Gasteiger partial charge in [-0.25, -0.2) is 0 Å². The molecule has 1 atom stereocenters. The van der Waals surface area contributed by atoms with Crippen molar-refractivity contribution in [2.45, 2.75) is 25.9 Å². The number of methoxy groups -OCH3 is 2. The van der Waals surface area contributed by atoms with Crippen molar-refractivity contribution in [3.63, 3.8) is 0 Å². The highest BCUT2D eigenvalue weighted by Crippen LogP contribution is 2.33. The van der Waals surface area contributed by atoms with Crippen LogP contribution in [0.2, 0.25) is 0 Å². The first kappa shape index (κ1) is 13.3. The van der Waals surface area contributed by atoms with E-state index in [1.807, 2.05) is 12.1 Å². The van der Waals surface area contributed by atoms with Crippen molar-refractivity contribution in [2.75, 3.05) is 14.2 Å². The van der Waals surface area contributed by atoms with Gasteiger partial charge in [0.15, 0.2) is 0 Å². The molecule has 3 nitrogen and oxygen atoms in total. The van der Waals surface area contributed by atoms with Gasteiger partial charge in [0.1, 0.15) is 11.5 Å². The van der Waals surface area contributed by atoms with E-state index in [1.165, 1.54) is 0 Å². The number of ether oxygens (including phenoxy) is 2. The van der Waals surface area contributed by atoms with Gasteiger partial charge >= 0.3 is 0 Å². The molecule has 0 saturated carbocycles. The molecule has 90 valence electrons. The summed E-state index contributed by atoms with van der Waals surface area (Å²) < 4.78 is 11.5. The second-order valence-electron chi connectivity index (χ2n) is 3.68. The van der Waals surface area contributed by atoms with E-state index in [2.05, 4.69) is 15.9 Å². The third-order valence-electron chi connectivity index (χ3n) is 2.38. The van der Waals surface area contributed by atoms with Gasteiger partial charge in [0.05, 0.1) is 20.3 Å². The maximum Gasteiger partial charge on any atom is 0.126 e. The lowest BCUT2D eigenvalue weighted by Gasteiger charge is -2.14. The SMILES string of the molecule is COc1cc(Br)cc(OC)c1CC[C@H](C)O. The molecule has 0 amide bonds. The molecule has 16 heavy (non-hydrogen) atoms. The lowest BCUT2D eigenvalue weighted by Crippen LogP contribution is -2.04. The summed E-state index contributed by atoms with van der Waals surface area (Å²) in [6.07, 6.45) is 1.10. The summed E-state index contributed by atoms with van der Waals surface area (Å²) in [5, 5.41) is 9.30. The lowest BCUT2D eigenvalue weighted by molar-refractivity contribution is 0.184. The van der Waals surface area contributed by atoms with E-state index in [0.29, 0.717) is 6.42 Å². The summed E-state index contributed by atoms with van der Waals surface area (Å²) >= 11 is 3.40. The van der Waals surface area contributed by atoms with E-state index in [0.717, 1.165) is 28.0 Å². The Morgan fingerprint density at radius 3 is 2.12 bits per heavy atom. The number of benzene rings is 1. The van der Waals surface area contributed by atoms with E-state index < -0.39 is 0 Å². The second-order valence-corrected chi connectivity index (χ2v) is 4.59. The molecule has 1 N–H and O–H groups in total. The molecular formula is C12H17BrO3. The van der Waals surface area contributed by atoms with Crippen LogP contribution in [-0.4, -0.2) is 25.4 Å². The van der Waals surface area contributed by atoms with Gasteiger partial charge in [-0.15, -0.1) is 0 Å². The molecule has 0 heterocycles. The number of aliphatic hydroxyl groups is 1. The molecule has 0 bridgehead atoms. The molecular weight excluding hydrogens is 272 g/mol. The van der Waals surface area contributed by atoms with Crippen molar-refractivity contribution >= 4 is 15.9 Å². The van der Waals surface area contributed by atoms with Crippen LogP contribution >= 0.6 is 15.9 Å². The third-order valence-corrected chi connectivity index (χ3v) is 2.84. The fourth-order valence-corrected chi connectivity index (χ4v) is 1.97. The normalized spacial score (nSPS) is 12.3. The van der Waals surface area contributed by atoms with Crippen molar-refractivity contribution in [3.05, 3.63) is 22.2 Å². The minimum Gasteiger partial charge on any atom is -0.496 e. The molecule has 0 aromatic heterocycles. The van der Waals surface area contributed by atoms with Crippen LogP contribution in [0.1, 0.15) is 18.9 Å². The van der Waals surface area contributed by atoms with Gasteiger partial charge < -0.3 is 14.6 Å². The van der Waals surface area contributed by atoms with Crippen LogP contribution in [0.25, 0.3) is 0 Å². The monoisotopic (exact) mass is 288 g/mol. The predicted molar refractivity (Wildman–Crippen MR) is 67.2 cm³/mol. The Bertz CT molecular complexity index is 325.